The third-order valence-electron chi connectivity index (χ3n) is 4.03. The Hall–Kier alpha value is -0.450. The topological polar surface area (TPSA) is 28.2 Å². The molecule has 2 heterocycles. The van der Waals surface area contributed by atoms with Crippen LogP contribution in [0.1, 0.15) is 37.4 Å². The molecule has 0 amide bonds. The van der Waals surface area contributed by atoms with E-state index in [1.165, 1.54) is 37.9 Å². The monoisotopic (exact) mass is 251 g/mol. The number of piperidine rings is 1. The van der Waals surface area contributed by atoms with Crippen LogP contribution in [0.25, 0.3) is 0 Å². The SMILES string of the molecule is CNCC1CCCN(C2CC2)C1c1cscn1. The molecular weight excluding hydrogens is 230 g/mol. The lowest BCUT2D eigenvalue weighted by Crippen LogP contribution is -2.43. The molecule has 3 rings (SSSR count). The van der Waals surface area contributed by atoms with Crippen molar-refractivity contribution in [2.75, 3.05) is 20.1 Å². The first-order valence-corrected chi connectivity index (χ1v) is 7.63. The highest BCUT2D eigenvalue weighted by atomic mass is 32.1. The van der Waals surface area contributed by atoms with Crippen LogP contribution in [0.4, 0.5) is 0 Å². The summed E-state index contributed by atoms with van der Waals surface area (Å²) in [5.74, 6) is 0.733. The molecule has 1 aliphatic heterocycles. The quantitative estimate of drug-likeness (QED) is 0.890. The molecule has 4 heteroatoms. The van der Waals surface area contributed by atoms with Crippen LogP contribution in [0.15, 0.2) is 10.9 Å². The van der Waals surface area contributed by atoms with E-state index in [4.69, 9.17) is 0 Å². The van der Waals surface area contributed by atoms with Crippen LogP contribution in [0.5, 0.6) is 0 Å². The summed E-state index contributed by atoms with van der Waals surface area (Å²) in [5, 5.41) is 5.60. The van der Waals surface area contributed by atoms with Crippen molar-refractivity contribution >= 4 is 11.3 Å². The van der Waals surface area contributed by atoms with Crippen molar-refractivity contribution in [3.63, 3.8) is 0 Å². The molecule has 1 saturated heterocycles. The molecule has 2 unspecified atom stereocenters. The normalized spacial score (nSPS) is 30.6. The zero-order valence-corrected chi connectivity index (χ0v) is 11.2. The summed E-state index contributed by atoms with van der Waals surface area (Å²) >= 11 is 1.73. The van der Waals surface area contributed by atoms with E-state index < -0.39 is 0 Å². The molecule has 94 valence electrons. The van der Waals surface area contributed by atoms with Gasteiger partial charge >= 0.3 is 0 Å². The summed E-state index contributed by atoms with van der Waals surface area (Å²) in [6.07, 6.45) is 5.48. The third-order valence-corrected chi connectivity index (χ3v) is 4.64. The van der Waals surface area contributed by atoms with E-state index in [1.807, 2.05) is 5.51 Å². The fraction of sp³-hybridized carbons (Fsp3) is 0.769. The Bertz CT molecular complexity index is 346. The van der Waals surface area contributed by atoms with Gasteiger partial charge in [0, 0.05) is 11.4 Å². The summed E-state index contributed by atoms with van der Waals surface area (Å²) in [6, 6.07) is 1.41. The van der Waals surface area contributed by atoms with E-state index in [1.54, 1.807) is 11.3 Å². The zero-order valence-electron chi connectivity index (χ0n) is 10.4. The highest BCUT2D eigenvalue weighted by molar-refractivity contribution is 7.07. The fourth-order valence-corrected chi connectivity index (χ4v) is 3.76. The van der Waals surface area contributed by atoms with Crippen molar-refractivity contribution in [3.05, 3.63) is 16.6 Å². The minimum absolute atomic E-state index is 0.565. The number of hydrogen-bond donors (Lipinski definition) is 1. The minimum Gasteiger partial charge on any atom is -0.319 e. The molecule has 1 aromatic rings. The number of rotatable bonds is 4. The number of nitrogens with one attached hydrogen (secondary N) is 1. The standard InChI is InChI=1S/C13H21N3S/c1-14-7-10-3-2-6-16(11-4-5-11)13(10)12-8-17-9-15-12/h8-11,13-14H,2-7H2,1H3. The molecule has 1 aromatic heterocycles. The Morgan fingerprint density at radius 2 is 2.35 bits per heavy atom. The van der Waals surface area contributed by atoms with Gasteiger partial charge in [0.15, 0.2) is 0 Å². The Morgan fingerprint density at radius 3 is 3.00 bits per heavy atom. The lowest BCUT2D eigenvalue weighted by Gasteiger charge is -2.41. The number of thiazole rings is 1. The first-order valence-electron chi connectivity index (χ1n) is 6.68. The molecule has 0 radical (unpaired) electrons. The van der Waals surface area contributed by atoms with Crippen molar-refractivity contribution in [2.45, 2.75) is 37.8 Å². The maximum Gasteiger partial charge on any atom is 0.0795 e. The van der Waals surface area contributed by atoms with Crippen molar-refractivity contribution < 1.29 is 0 Å². The Morgan fingerprint density at radius 1 is 1.47 bits per heavy atom. The first-order chi connectivity index (χ1) is 8.40. The summed E-state index contributed by atoms with van der Waals surface area (Å²) in [6.45, 7) is 2.39. The van der Waals surface area contributed by atoms with Crippen LogP contribution in [0.2, 0.25) is 0 Å². The van der Waals surface area contributed by atoms with Crippen molar-refractivity contribution in [2.24, 2.45) is 5.92 Å². The lowest BCUT2D eigenvalue weighted by molar-refractivity contribution is 0.0820. The zero-order chi connectivity index (χ0) is 11.7. The molecule has 1 saturated carbocycles. The smallest absolute Gasteiger partial charge is 0.0795 e. The van der Waals surface area contributed by atoms with Crippen LogP contribution < -0.4 is 5.32 Å². The van der Waals surface area contributed by atoms with E-state index in [2.05, 4.69) is 27.6 Å². The van der Waals surface area contributed by atoms with Crippen molar-refractivity contribution in [3.8, 4) is 0 Å². The molecule has 17 heavy (non-hydrogen) atoms. The minimum atomic E-state index is 0.565. The van der Waals surface area contributed by atoms with Gasteiger partial charge in [0.25, 0.3) is 0 Å². The van der Waals surface area contributed by atoms with E-state index in [9.17, 15) is 0 Å². The first kappa shape index (κ1) is 11.6. The average Bonchev–Trinajstić information content (AvgIpc) is 3.06. The molecule has 2 fully saturated rings. The van der Waals surface area contributed by atoms with Gasteiger partial charge in [0.05, 0.1) is 17.2 Å². The number of likely N-dealkylation sites (tertiary alicyclic amines) is 1. The maximum atomic E-state index is 4.58. The van der Waals surface area contributed by atoms with Gasteiger partial charge in [-0.25, -0.2) is 4.98 Å². The third kappa shape index (κ3) is 2.39. The van der Waals surface area contributed by atoms with Crippen molar-refractivity contribution in [1.82, 2.24) is 15.2 Å². The van der Waals surface area contributed by atoms with Crippen LogP contribution in [-0.4, -0.2) is 36.1 Å². The number of nitrogens with zero attached hydrogens (tertiary/aromatic N) is 2. The largest absolute Gasteiger partial charge is 0.319 e. The van der Waals surface area contributed by atoms with E-state index >= 15 is 0 Å². The molecular formula is C13H21N3S. The highest BCUT2D eigenvalue weighted by Crippen LogP contribution is 2.42. The van der Waals surface area contributed by atoms with Gasteiger partial charge in [0.1, 0.15) is 0 Å². The summed E-state index contributed by atoms with van der Waals surface area (Å²) in [5.41, 5.74) is 3.28. The molecule has 3 nitrogen and oxygen atoms in total. The van der Waals surface area contributed by atoms with Gasteiger partial charge in [-0.2, -0.15) is 0 Å². The molecule has 0 bridgehead atoms. The van der Waals surface area contributed by atoms with Gasteiger partial charge < -0.3 is 5.32 Å². The Kier molecular flexibility index (Phi) is 3.45. The molecule has 0 spiro atoms. The van der Waals surface area contributed by atoms with Gasteiger partial charge in [-0.15, -0.1) is 11.3 Å². The number of aromatic nitrogens is 1. The molecule has 2 aliphatic rings. The van der Waals surface area contributed by atoms with Crippen LogP contribution >= 0.6 is 11.3 Å². The van der Waals surface area contributed by atoms with Gasteiger partial charge in [0.2, 0.25) is 0 Å². The van der Waals surface area contributed by atoms with Gasteiger partial charge in [-0.1, -0.05) is 0 Å². The molecule has 0 aromatic carbocycles. The van der Waals surface area contributed by atoms with E-state index in [0.29, 0.717) is 6.04 Å². The molecule has 1 aliphatic carbocycles. The van der Waals surface area contributed by atoms with Crippen LogP contribution in [-0.2, 0) is 0 Å². The second kappa shape index (κ2) is 5.04. The molecule has 1 N–H and O–H groups in total. The van der Waals surface area contributed by atoms with Gasteiger partial charge in [-0.3, -0.25) is 4.90 Å². The van der Waals surface area contributed by atoms with Crippen molar-refractivity contribution in [1.29, 1.82) is 0 Å². The summed E-state index contributed by atoms with van der Waals surface area (Å²) in [7, 11) is 2.06. The fourth-order valence-electron chi connectivity index (χ4n) is 3.17. The predicted molar refractivity (Wildman–Crippen MR) is 71.2 cm³/mol. The Balaban J connectivity index is 1.83. The highest BCUT2D eigenvalue weighted by Gasteiger charge is 2.40. The Labute approximate surface area is 107 Å². The second-order valence-corrected chi connectivity index (χ2v) is 6.01. The van der Waals surface area contributed by atoms with E-state index in [-0.39, 0.29) is 0 Å². The van der Waals surface area contributed by atoms with Crippen LogP contribution in [0, 0.1) is 5.92 Å². The average molecular weight is 251 g/mol. The molecule has 2 atom stereocenters. The lowest BCUT2D eigenvalue weighted by atomic mass is 9.87. The summed E-state index contributed by atoms with van der Waals surface area (Å²) in [4.78, 5) is 7.30. The number of hydrogen-bond acceptors (Lipinski definition) is 4. The maximum absolute atomic E-state index is 4.58. The van der Waals surface area contributed by atoms with Gasteiger partial charge in [-0.05, 0) is 51.7 Å². The van der Waals surface area contributed by atoms with Crippen LogP contribution in [0.3, 0.4) is 0 Å². The summed E-state index contributed by atoms with van der Waals surface area (Å²) < 4.78 is 0. The van der Waals surface area contributed by atoms with E-state index in [0.717, 1.165) is 18.5 Å². The predicted octanol–water partition coefficient (Wildman–Crippen LogP) is 2.28. The second-order valence-electron chi connectivity index (χ2n) is 5.29.